The summed E-state index contributed by atoms with van der Waals surface area (Å²) in [6.45, 7) is 7.30. The number of nitrogens with zero attached hydrogens (tertiary/aromatic N) is 2. The van der Waals surface area contributed by atoms with Crippen molar-refractivity contribution in [1.29, 1.82) is 0 Å². The molecule has 0 bridgehead atoms. The van der Waals surface area contributed by atoms with Gasteiger partial charge in [0.25, 0.3) is 0 Å². The van der Waals surface area contributed by atoms with Gasteiger partial charge in [-0.05, 0) is 57.7 Å². The van der Waals surface area contributed by atoms with Gasteiger partial charge in [0.15, 0.2) is 0 Å². The van der Waals surface area contributed by atoms with Crippen molar-refractivity contribution < 1.29 is 18.0 Å². The summed E-state index contributed by atoms with van der Waals surface area (Å²) in [6.07, 6.45) is 6.34. The Labute approximate surface area is 215 Å². The van der Waals surface area contributed by atoms with Crippen LogP contribution in [-0.2, 0) is 26.2 Å². The Kier molecular flexibility index (Phi) is 9.17. The Hall–Kier alpha value is -2.87. The summed E-state index contributed by atoms with van der Waals surface area (Å²) in [5, 5.41) is 3.11. The first-order valence-electron chi connectivity index (χ1n) is 12.7. The van der Waals surface area contributed by atoms with E-state index in [1.807, 2.05) is 57.2 Å². The number of hydrogen-bond donors (Lipinski definition) is 1. The summed E-state index contributed by atoms with van der Waals surface area (Å²) in [6, 6.07) is 12.6. The van der Waals surface area contributed by atoms with E-state index < -0.39 is 22.0 Å². The molecule has 2 aromatic rings. The Morgan fingerprint density at radius 1 is 0.972 bits per heavy atom. The fourth-order valence-electron chi connectivity index (χ4n) is 4.72. The summed E-state index contributed by atoms with van der Waals surface area (Å²) in [5.41, 5.74) is 4.21. The van der Waals surface area contributed by atoms with Gasteiger partial charge in [0, 0.05) is 12.6 Å². The van der Waals surface area contributed by atoms with Crippen LogP contribution >= 0.6 is 0 Å². The molecule has 8 heteroatoms. The molecule has 0 heterocycles. The molecule has 0 radical (unpaired) electrons. The first-order valence-corrected chi connectivity index (χ1v) is 14.5. The summed E-state index contributed by atoms with van der Waals surface area (Å²) >= 11 is 0. The van der Waals surface area contributed by atoms with Gasteiger partial charge in [0.1, 0.15) is 12.6 Å². The van der Waals surface area contributed by atoms with Crippen LogP contribution in [0.3, 0.4) is 0 Å². The average Bonchev–Trinajstić information content (AvgIpc) is 2.82. The molecular formula is C28H39N3O4S. The van der Waals surface area contributed by atoms with Crippen molar-refractivity contribution >= 4 is 27.5 Å². The van der Waals surface area contributed by atoms with Crippen LogP contribution in [0, 0.1) is 20.8 Å². The van der Waals surface area contributed by atoms with Crippen molar-refractivity contribution in [2.24, 2.45) is 0 Å². The highest BCUT2D eigenvalue weighted by atomic mass is 32.2. The molecule has 1 fully saturated rings. The van der Waals surface area contributed by atoms with Crippen LogP contribution in [0.1, 0.15) is 61.3 Å². The molecule has 1 saturated carbocycles. The van der Waals surface area contributed by atoms with E-state index in [0.717, 1.165) is 58.5 Å². The highest BCUT2D eigenvalue weighted by molar-refractivity contribution is 7.92. The summed E-state index contributed by atoms with van der Waals surface area (Å²) in [7, 11) is -3.74. The SMILES string of the molecule is Cc1ccc(CN(C(=O)CN(c2ccc(C)cc2C)S(C)(=O)=O)[C@H](C)C(=O)NC2CCCCC2)cc1. The molecule has 196 valence electrons. The molecule has 0 saturated heterocycles. The minimum absolute atomic E-state index is 0.118. The molecule has 0 unspecified atom stereocenters. The lowest BCUT2D eigenvalue weighted by Crippen LogP contribution is -2.53. The fourth-order valence-corrected chi connectivity index (χ4v) is 5.63. The highest BCUT2D eigenvalue weighted by Crippen LogP contribution is 2.24. The van der Waals surface area contributed by atoms with Crippen molar-refractivity contribution in [1.82, 2.24) is 10.2 Å². The molecule has 0 aliphatic heterocycles. The van der Waals surface area contributed by atoms with Crippen LogP contribution < -0.4 is 9.62 Å². The Morgan fingerprint density at radius 3 is 2.17 bits per heavy atom. The molecule has 2 aromatic carbocycles. The first kappa shape index (κ1) is 27.7. The Bertz CT molecular complexity index is 1170. The van der Waals surface area contributed by atoms with Crippen LogP contribution in [0.5, 0.6) is 0 Å². The van der Waals surface area contributed by atoms with Gasteiger partial charge in [-0.25, -0.2) is 8.42 Å². The number of carbonyl (C=O) groups excluding carboxylic acids is 2. The van der Waals surface area contributed by atoms with E-state index >= 15 is 0 Å². The number of sulfonamides is 1. The smallest absolute Gasteiger partial charge is 0.244 e. The maximum atomic E-state index is 13.7. The number of anilines is 1. The zero-order valence-corrected chi connectivity index (χ0v) is 22.9. The summed E-state index contributed by atoms with van der Waals surface area (Å²) in [4.78, 5) is 28.4. The number of rotatable bonds is 9. The van der Waals surface area contributed by atoms with Crippen molar-refractivity contribution in [3.63, 3.8) is 0 Å². The van der Waals surface area contributed by atoms with Gasteiger partial charge < -0.3 is 10.2 Å². The topological polar surface area (TPSA) is 86.8 Å². The number of nitrogens with one attached hydrogen (secondary N) is 1. The van der Waals surface area contributed by atoms with E-state index in [4.69, 9.17) is 0 Å². The highest BCUT2D eigenvalue weighted by Gasteiger charge is 2.31. The lowest BCUT2D eigenvalue weighted by atomic mass is 9.95. The monoisotopic (exact) mass is 513 g/mol. The normalized spacial score (nSPS) is 15.2. The lowest BCUT2D eigenvalue weighted by Gasteiger charge is -2.33. The predicted molar refractivity (Wildman–Crippen MR) is 144 cm³/mol. The maximum Gasteiger partial charge on any atom is 0.244 e. The molecule has 1 atom stereocenters. The Morgan fingerprint density at radius 2 is 1.58 bits per heavy atom. The van der Waals surface area contributed by atoms with Gasteiger partial charge in [0.2, 0.25) is 21.8 Å². The van der Waals surface area contributed by atoms with Gasteiger partial charge >= 0.3 is 0 Å². The van der Waals surface area contributed by atoms with Gasteiger partial charge in [-0.1, -0.05) is 66.8 Å². The Balaban J connectivity index is 1.88. The third-order valence-electron chi connectivity index (χ3n) is 6.89. The maximum absolute atomic E-state index is 13.7. The molecule has 36 heavy (non-hydrogen) atoms. The second-order valence-electron chi connectivity index (χ2n) is 10.1. The zero-order valence-electron chi connectivity index (χ0n) is 22.1. The van der Waals surface area contributed by atoms with Crippen LogP contribution in [0.15, 0.2) is 42.5 Å². The number of aryl methyl sites for hydroxylation is 3. The van der Waals surface area contributed by atoms with Crippen molar-refractivity contribution in [3.8, 4) is 0 Å². The summed E-state index contributed by atoms with van der Waals surface area (Å²) < 4.78 is 26.7. The van der Waals surface area contributed by atoms with E-state index in [9.17, 15) is 18.0 Å². The third-order valence-corrected chi connectivity index (χ3v) is 8.02. The molecule has 7 nitrogen and oxygen atoms in total. The molecule has 2 amide bonds. The fraction of sp³-hybridized carbons (Fsp3) is 0.500. The molecule has 3 rings (SSSR count). The predicted octanol–water partition coefficient (Wildman–Crippen LogP) is 4.24. The van der Waals surface area contributed by atoms with Crippen LogP contribution in [0.2, 0.25) is 0 Å². The zero-order chi connectivity index (χ0) is 26.5. The number of benzene rings is 2. The van der Waals surface area contributed by atoms with Crippen molar-refractivity contribution in [3.05, 3.63) is 64.7 Å². The van der Waals surface area contributed by atoms with Crippen LogP contribution in [0.25, 0.3) is 0 Å². The van der Waals surface area contributed by atoms with Gasteiger partial charge in [-0.15, -0.1) is 0 Å². The van der Waals surface area contributed by atoms with E-state index in [1.165, 1.54) is 11.3 Å². The van der Waals surface area contributed by atoms with E-state index in [2.05, 4.69) is 5.32 Å². The molecular weight excluding hydrogens is 474 g/mol. The van der Waals surface area contributed by atoms with Gasteiger partial charge in [0.05, 0.1) is 11.9 Å². The van der Waals surface area contributed by atoms with E-state index in [0.29, 0.717) is 5.69 Å². The first-order chi connectivity index (χ1) is 17.0. The number of amides is 2. The van der Waals surface area contributed by atoms with Crippen molar-refractivity contribution in [2.75, 3.05) is 17.1 Å². The van der Waals surface area contributed by atoms with Gasteiger partial charge in [-0.3, -0.25) is 13.9 Å². The molecule has 0 spiro atoms. The minimum atomic E-state index is -3.74. The summed E-state index contributed by atoms with van der Waals surface area (Å²) in [5.74, 6) is -0.632. The quantitative estimate of drug-likeness (QED) is 0.543. The standard InChI is InChI=1S/C28H39N3O4S/c1-20-11-14-24(15-12-20)18-30(23(4)28(33)29-25-9-7-6-8-10-25)27(32)19-31(36(5,34)35)26-16-13-21(2)17-22(26)3/h11-17,23,25H,6-10,18-19H2,1-5H3,(H,29,33)/t23-/m1/s1. The van der Waals surface area contributed by atoms with Gasteiger partial charge in [-0.2, -0.15) is 0 Å². The third kappa shape index (κ3) is 7.32. The lowest BCUT2D eigenvalue weighted by molar-refractivity contribution is -0.139. The molecule has 1 N–H and O–H groups in total. The largest absolute Gasteiger partial charge is 0.352 e. The van der Waals surface area contributed by atoms with E-state index in [1.54, 1.807) is 13.0 Å². The molecule has 1 aliphatic rings. The number of hydrogen-bond acceptors (Lipinski definition) is 4. The van der Waals surface area contributed by atoms with E-state index in [-0.39, 0.29) is 25.0 Å². The molecule has 0 aromatic heterocycles. The molecule has 1 aliphatic carbocycles. The van der Waals surface area contributed by atoms with Crippen LogP contribution in [0.4, 0.5) is 5.69 Å². The second-order valence-corrected chi connectivity index (χ2v) is 12.0. The second kappa shape index (κ2) is 11.9. The van der Waals surface area contributed by atoms with Crippen molar-refractivity contribution in [2.45, 2.75) is 78.4 Å². The number of carbonyl (C=O) groups is 2. The average molecular weight is 514 g/mol. The van der Waals surface area contributed by atoms with Crippen LogP contribution in [-0.4, -0.2) is 50.0 Å². The minimum Gasteiger partial charge on any atom is -0.352 e.